The van der Waals surface area contributed by atoms with Gasteiger partial charge in [-0.15, -0.1) is 0 Å². The molecular formula is C17H15F3N2O2S. The van der Waals surface area contributed by atoms with Crippen molar-refractivity contribution in [2.45, 2.75) is 19.1 Å². The molecule has 0 saturated heterocycles. The number of benzene rings is 2. The Bertz CT molecular complexity index is 796. The lowest BCUT2D eigenvalue weighted by Crippen LogP contribution is -2.31. The van der Waals surface area contributed by atoms with Gasteiger partial charge in [0.15, 0.2) is 16.6 Å². The molecular weight excluding hydrogens is 353 g/mol. The molecule has 0 fully saturated rings. The van der Waals surface area contributed by atoms with Gasteiger partial charge in [-0.3, -0.25) is 0 Å². The van der Waals surface area contributed by atoms with Crippen LogP contribution in [0.2, 0.25) is 0 Å². The second kappa shape index (κ2) is 6.79. The molecule has 2 aromatic carbocycles. The summed E-state index contributed by atoms with van der Waals surface area (Å²) in [6, 6.07) is 10.2. The number of rotatable bonds is 3. The van der Waals surface area contributed by atoms with Gasteiger partial charge in [-0.05, 0) is 55.0 Å². The quantitative estimate of drug-likeness (QED) is 0.782. The van der Waals surface area contributed by atoms with E-state index in [4.69, 9.17) is 21.7 Å². The SMILES string of the molecule is CC(NC(=S)Nc1cccc(C(F)(F)F)c1)c1ccc2c(c1)OCO2. The maximum Gasteiger partial charge on any atom is 0.416 e. The third kappa shape index (κ3) is 4.14. The Morgan fingerprint density at radius 3 is 2.64 bits per heavy atom. The molecule has 1 aliphatic heterocycles. The average Bonchev–Trinajstić information content (AvgIpc) is 3.01. The third-order valence-electron chi connectivity index (χ3n) is 3.69. The van der Waals surface area contributed by atoms with E-state index in [2.05, 4.69) is 10.6 Å². The summed E-state index contributed by atoms with van der Waals surface area (Å²) < 4.78 is 48.8. The van der Waals surface area contributed by atoms with Gasteiger partial charge in [0.05, 0.1) is 11.6 Å². The van der Waals surface area contributed by atoms with E-state index in [0.717, 1.165) is 17.7 Å². The molecule has 1 aliphatic rings. The molecule has 8 heteroatoms. The number of thiocarbonyl (C=S) groups is 1. The molecule has 132 valence electrons. The van der Waals surface area contributed by atoms with E-state index in [1.54, 1.807) is 6.07 Å². The van der Waals surface area contributed by atoms with E-state index in [-0.39, 0.29) is 23.6 Å². The lowest BCUT2D eigenvalue weighted by molar-refractivity contribution is -0.137. The summed E-state index contributed by atoms with van der Waals surface area (Å²) in [5, 5.41) is 6.03. The number of nitrogens with one attached hydrogen (secondary N) is 2. The molecule has 0 radical (unpaired) electrons. The first-order valence-electron chi connectivity index (χ1n) is 7.47. The topological polar surface area (TPSA) is 42.5 Å². The van der Waals surface area contributed by atoms with E-state index in [9.17, 15) is 13.2 Å². The van der Waals surface area contributed by atoms with E-state index in [0.29, 0.717) is 11.5 Å². The Morgan fingerprint density at radius 2 is 1.88 bits per heavy atom. The summed E-state index contributed by atoms with van der Waals surface area (Å²) in [5.74, 6) is 1.34. The zero-order valence-corrected chi connectivity index (χ0v) is 14.0. The second-order valence-electron chi connectivity index (χ2n) is 5.51. The van der Waals surface area contributed by atoms with E-state index >= 15 is 0 Å². The Kier molecular flexibility index (Phi) is 4.71. The molecule has 0 amide bonds. The van der Waals surface area contributed by atoms with Crippen molar-refractivity contribution >= 4 is 23.0 Å². The van der Waals surface area contributed by atoms with Gasteiger partial charge in [0.25, 0.3) is 0 Å². The predicted molar refractivity (Wildman–Crippen MR) is 91.8 cm³/mol. The highest BCUT2D eigenvalue weighted by molar-refractivity contribution is 7.80. The van der Waals surface area contributed by atoms with Gasteiger partial charge in [0.1, 0.15) is 0 Å². The highest BCUT2D eigenvalue weighted by Crippen LogP contribution is 2.34. The minimum absolute atomic E-state index is 0.166. The van der Waals surface area contributed by atoms with Crippen molar-refractivity contribution in [3.05, 3.63) is 53.6 Å². The summed E-state index contributed by atoms with van der Waals surface area (Å²) in [5.41, 5.74) is 0.451. The van der Waals surface area contributed by atoms with Crippen LogP contribution in [0.1, 0.15) is 24.1 Å². The summed E-state index contributed by atoms with van der Waals surface area (Å²) in [4.78, 5) is 0. The molecule has 2 N–H and O–H groups in total. The van der Waals surface area contributed by atoms with Crippen molar-refractivity contribution in [2.75, 3.05) is 12.1 Å². The van der Waals surface area contributed by atoms with E-state index in [1.165, 1.54) is 12.1 Å². The Hall–Kier alpha value is -2.48. The highest BCUT2D eigenvalue weighted by atomic mass is 32.1. The zero-order valence-electron chi connectivity index (χ0n) is 13.2. The first-order chi connectivity index (χ1) is 11.8. The Morgan fingerprint density at radius 1 is 1.12 bits per heavy atom. The van der Waals surface area contributed by atoms with Crippen LogP contribution >= 0.6 is 12.2 Å². The minimum atomic E-state index is -4.40. The maximum atomic E-state index is 12.7. The third-order valence-corrected chi connectivity index (χ3v) is 3.91. The molecule has 25 heavy (non-hydrogen) atoms. The van der Waals surface area contributed by atoms with Gasteiger partial charge in [-0.1, -0.05) is 12.1 Å². The van der Waals surface area contributed by atoms with Gasteiger partial charge < -0.3 is 20.1 Å². The van der Waals surface area contributed by atoms with Crippen LogP contribution < -0.4 is 20.1 Å². The molecule has 4 nitrogen and oxygen atoms in total. The normalized spacial score (nSPS) is 14.1. The molecule has 1 unspecified atom stereocenters. The molecule has 0 aromatic heterocycles. The van der Waals surface area contributed by atoms with Crippen LogP contribution in [0.5, 0.6) is 11.5 Å². The number of ether oxygens (including phenoxy) is 2. The predicted octanol–water partition coefficient (Wildman–Crippen LogP) is 4.48. The number of halogens is 3. The van der Waals surface area contributed by atoms with E-state index in [1.807, 2.05) is 19.1 Å². The molecule has 3 rings (SSSR count). The monoisotopic (exact) mass is 368 g/mol. The fourth-order valence-electron chi connectivity index (χ4n) is 2.40. The minimum Gasteiger partial charge on any atom is -0.454 e. The molecule has 1 atom stereocenters. The molecule has 1 heterocycles. The van der Waals surface area contributed by atoms with Crippen molar-refractivity contribution in [3.63, 3.8) is 0 Å². The van der Waals surface area contributed by atoms with Gasteiger partial charge in [-0.25, -0.2) is 0 Å². The summed E-state index contributed by atoms with van der Waals surface area (Å²) in [6.07, 6.45) is -4.40. The number of alkyl halides is 3. The van der Waals surface area contributed by atoms with Crippen LogP contribution in [0.4, 0.5) is 18.9 Å². The second-order valence-corrected chi connectivity index (χ2v) is 5.92. The lowest BCUT2D eigenvalue weighted by Gasteiger charge is -2.18. The number of hydrogen-bond donors (Lipinski definition) is 2. The van der Waals surface area contributed by atoms with Crippen molar-refractivity contribution in [2.24, 2.45) is 0 Å². The largest absolute Gasteiger partial charge is 0.454 e. The van der Waals surface area contributed by atoms with Gasteiger partial charge in [0, 0.05) is 5.69 Å². The van der Waals surface area contributed by atoms with Crippen LogP contribution in [0.3, 0.4) is 0 Å². The first-order valence-corrected chi connectivity index (χ1v) is 7.88. The fourth-order valence-corrected chi connectivity index (χ4v) is 2.70. The number of hydrogen-bond acceptors (Lipinski definition) is 3. The van der Waals surface area contributed by atoms with Crippen molar-refractivity contribution < 1.29 is 22.6 Å². The van der Waals surface area contributed by atoms with Gasteiger partial charge >= 0.3 is 6.18 Å². The van der Waals surface area contributed by atoms with Crippen LogP contribution in [0.15, 0.2) is 42.5 Å². The number of anilines is 1. The fraction of sp³-hybridized carbons (Fsp3) is 0.235. The maximum absolute atomic E-state index is 12.7. The van der Waals surface area contributed by atoms with Crippen molar-refractivity contribution in [1.82, 2.24) is 5.32 Å². The van der Waals surface area contributed by atoms with Crippen molar-refractivity contribution in [1.29, 1.82) is 0 Å². The summed E-state index contributed by atoms with van der Waals surface area (Å²) in [6.45, 7) is 2.08. The smallest absolute Gasteiger partial charge is 0.416 e. The first kappa shape index (κ1) is 17.3. The summed E-state index contributed by atoms with van der Waals surface area (Å²) >= 11 is 5.19. The number of fused-ring (bicyclic) bond motifs is 1. The molecule has 0 aliphatic carbocycles. The average molecular weight is 368 g/mol. The van der Waals surface area contributed by atoms with Gasteiger partial charge in [-0.2, -0.15) is 13.2 Å². The lowest BCUT2D eigenvalue weighted by atomic mass is 10.1. The van der Waals surface area contributed by atoms with Crippen LogP contribution in [-0.4, -0.2) is 11.9 Å². The molecule has 2 aromatic rings. The van der Waals surface area contributed by atoms with Crippen molar-refractivity contribution in [3.8, 4) is 11.5 Å². The van der Waals surface area contributed by atoms with Crippen LogP contribution in [0, 0.1) is 0 Å². The van der Waals surface area contributed by atoms with Crippen LogP contribution in [-0.2, 0) is 6.18 Å². The van der Waals surface area contributed by atoms with Crippen LogP contribution in [0.25, 0.3) is 0 Å². The Balaban J connectivity index is 1.64. The summed E-state index contributed by atoms with van der Waals surface area (Å²) in [7, 11) is 0. The highest BCUT2D eigenvalue weighted by Gasteiger charge is 2.30. The van der Waals surface area contributed by atoms with E-state index < -0.39 is 11.7 Å². The molecule has 0 spiro atoms. The van der Waals surface area contributed by atoms with Gasteiger partial charge in [0.2, 0.25) is 6.79 Å². The molecule has 0 saturated carbocycles. The zero-order chi connectivity index (χ0) is 18.0. The standard InChI is InChI=1S/C17H15F3N2O2S/c1-10(11-5-6-14-15(7-11)24-9-23-14)21-16(25)22-13-4-2-3-12(8-13)17(18,19)20/h2-8,10H,9H2,1H3,(H2,21,22,25). The molecule has 0 bridgehead atoms. The Labute approximate surface area is 147 Å².